The molecule has 0 spiro atoms. The third-order valence-electron chi connectivity index (χ3n) is 1.83. The largest absolute Gasteiger partial charge is 0.376 e. The van der Waals surface area contributed by atoms with Gasteiger partial charge in [0.05, 0.1) is 7.51 Å². The molecule has 1 heterocycles. The van der Waals surface area contributed by atoms with Crippen LogP contribution < -0.4 is 11.0 Å². The van der Waals surface area contributed by atoms with E-state index < -0.39 is 18.9 Å². The molecule has 2 rings (SSSR count). The number of nitrogens with one attached hydrogen (secondary N) is 1. The van der Waals surface area contributed by atoms with E-state index >= 15 is 0 Å². The molecule has 1 aromatic carbocycles. The summed E-state index contributed by atoms with van der Waals surface area (Å²) >= 11 is 0. The Balaban J connectivity index is 2.52. The van der Waals surface area contributed by atoms with E-state index in [9.17, 15) is 0 Å². The van der Waals surface area contributed by atoms with Gasteiger partial charge in [-0.15, -0.1) is 0 Å². The van der Waals surface area contributed by atoms with Gasteiger partial charge >= 0.3 is 0 Å². The highest BCUT2D eigenvalue weighted by Gasteiger charge is 2.09. The van der Waals surface area contributed by atoms with Gasteiger partial charge in [0.15, 0.2) is 1.41 Å². The van der Waals surface area contributed by atoms with Crippen LogP contribution in [0.1, 0.15) is 23.8 Å². The molecule has 0 radical (unpaired) electrons. The van der Waals surface area contributed by atoms with Crippen LogP contribution in [-0.2, 0) is 0 Å². The van der Waals surface area contributed by atoms with E-state index in [1.165, 1.54) is 6.20 Å². The van der Waals surface area contributed by atoms with Crippen LogP contribution in [0, 0.1) is 0 Å². The van der Waals surface area contributed by atoms with Crippen LogP contribution in [0.15, 0.2) is 36.5 Å². The molecule has 13 heavy (non-hydrogen) atoms. The highest BCUT2D eigenvalue weighted by atomic mass is 15.0. The molecule has 2 heteroatoms. The topological polar surface area (TPSA) is 38.0 Å². The number of hydrogen-bond acceptors (Lipinski definition) is 2. The lowest BCUT2D eigenvalue weighted by Crippen LogP contribution is -2.36. The Morgan fingerprint density at radius 2 is 2.31 bits per heavy atom. The van der Waals surface area contributed by atoms with E-state index in [4.69, 9.17) is 12.6 Å². The zero-order valence-electron chi connectivity index (χ0n) is 12.1. The van der Waals surface area contributed by atoms with Gasteiger partial charge in [-0.05, 0) is 23.9 Å². The van der Waals surface area contributed by atoms with Crippen LogP contribution in [0.3, 0.4) is 0 Å². The summed E-state index contributed by atoms with van der Waals surface area (Å²) in [6.07, 6.45) is -4.66. The molecule has 0 aliphatic carbocycles. The predicted octanol–water partition coefficient (Wildman–Crippen LogP) is 1.70. The Bertz CT molecular complexity index is 472. The standard InChI is InChI=1S/C11H14N2/c12-11-7-6-10(8-13-11)9-4-2-1-3-5-9/h1-5,8,11,13H,6-7,12H2/i6D,7D2,11D/hD. The summed E-state index contributed by atoms with van der Waals surface area (Å²) in [5, 5.41) is 0.570. The van der Waals surface area contributed by atoms with E-state index in [1.54, 1.807) is 24.3 Å². The molecule has 2 unspecified atom stereocenters. The van der Waals surface area contributed by atoms with Gasteiger partial charge < -0.3 is 11.0 Å². The van der Waals surface area contributed by atoms with E-state index in [0.29, 0.717) is 16.4 Å². The van der Waals surface area contributed by atoms with Gasteiger partial charge in [0, 0.05) is 10.3 Å². The van der Waals surface area contributed by atoms with Crippen LogP contribution in [0.25, 0.3) is 5.57 Å². The second kappa shape index (κ2) is 3.62. The second-order valence-electron chi connectivity index (χ2n) is 2.75. The molecule has 1 aromatic rings. The lowest BCUT2D eigenvalue weighted by atomic mass is 9.99. The molecule has 2 atom stereocenters. The Kier molecular flexibility index (Phi) is 1.20. The fourth-order valence-corrected chi connectivity index (χ4v) is 1.15. The maximum atomic E-state index is 7.96. The summed E-state index contributed by atoms with van der Waals surface area (Å²) in [7, 11) is 0. The van der Waals surface area contributed by atoms with Crippen molar-refractivity contribution in [2.75, 3.05) is 0 Å². The summed E-state index contributed by atoms with van der Waals surface area (Å²) in [6.45, 7) is 0. The van der Waals surface area contributed by atoms with Crippen LogP contribution in [0.5, 0.6) is 0 Å². The summed E-state index contributed by atoms with van der Waals surface area (Å²) in [5.41, 5.74) is 6.51. The van der Waals surface area contributed by atoms with Gasteiger partial charge in [-0.1, -0.05) is 30.3 Å². The Hall–Kier alpha value is -1.28. The van der Waals surface area contributed by atoms with Crippen LogP contribution in [-0.4, -0.2) is 6.14 Å². The lowest BCUT2D eigenvalue weighted by Gasteiger charge is -2.20. The van der Waals surface area contributed by atoms with Crippen molar-refractivity contribution in [1.29, 1.82) is 0 Å². The van der Waals surface area contributed by atoms with E-state index in [0.717, 1.165) is 0 Å². The van der Waals surface area contributed by atoms with Crippen LogP contribution in [0.2, 0.25) is 1.41 Å². The monoisotopic (exact) mass is 179 g/mol. The zero-order chi connectivity index (χ0) is 13.6. The Morgan fingerprint density at radius 3 is 3.08 bits per heavy atom. The normalized spacial score (nSPS) is 43.5. The van der Waals surface area contributed by atoms with E-state index in [-0.39, 0.29) is 0 Å². The highest BCUT2D eigenvalue weighted by Crippen LogP contribution is 2.21. The molecular formula is C11H14N2. The minimum atomic E-state index is -2.34. The van der Waals surface area contributed by atoms with Crippen LogP contribution in [0.4, 0.5) is 0 Å². The molecule has 0 fully saturated rings. The first kappa shape index (κ1) is 4.29. The molecule has 1 aliphatic rings. The Labute approximate surface area is 85.5 Å². The van der Waals surface area contributed by atoms with Crippen molar-refractivity contribution in [3.63, 3.8) is 0 Å². The second-order valence-corrected chi connectivity index (χ2v) is 2.75. The van der Waals surface area contributed by atoms with Crippen LogP contribution >= 0.6 is 0 Å². The number of nitrogens with two attached hydrogens (primary N) is 1. The fourth-order valence-electron chi connectivity index (χ4n) is 1.15. The first-order valence-electron chi connectivity index (χ1n) is 6.57. The third-order valence-corrected chi connectivity index (χ3v) is 1.83. The number of rotatable bonds is 1. The molecule has 3 N–H and O–H groups in total. The highest BCUT2D eigenvalue weighted by molar-refractivity contribution is 5.65. The minimum Gasteiger partial charge on any atom is -0.376 e. The Morgan fingerprint density at radius 1 is 1.54 bits per heavy atom. The third kappa shape index (κ3) is 1.90. The molecule has 0 aromatic heterocycles. The number of benzene rings is 1. The van der Waals surface area contributed by atoms with Gasteiger partial charge in [0.2, 0.25) is 0 Å². The summed E-state index contributed by atoms with van der Waals surface area (Å²) in [5.74, 6) is 0. The molecular weight excluding hydrogens is 160 g/mol. The fraction of sp³-hybridized carbons (Fsp3) is 0.273. The summed E-state index contributed by atoms with van der Waals surface area (Å²) in [4.78, 5) is 0. The predicted molar refractivity (Wildman–Crippen MR) is 54.8 cm³/mol. The first-order chi connectivity index (χ1) is 8.28. The average Bonchev–Trinajstić information content (AvgIpc) is 2.34. The summed E-state index contributed by atoms with van der Waals surface area (Å²) in [6, 6.07) is 8.85. The number of hydrogen-bond donors (Lipinski definition) is 2. The van der Waals surface area contributed by atoms with Crippen molar-refractivity contribution in [3.8, 4) is 0 Å². The quantitative estimate of drug-likeness (QED) is 0.688. The molecule has 1 aliphatic heterocycles. The zero-order valence-corrected chi connectivity index (χ0v) is 7.07. The molecule has 0 bridgehead atoms. The van der Waals surface area contributed by atoms with Crippen molar-refractivity contribution in [2.24, 2.45) is 5.73 Å². The van der Waals surface area contributed by atoms with Crippen molar-refractivity contribution in [1.82, 2.24) is 5.31 Å². The first-order valence-corrected chi connectivity index (χ1v) is 4.05. The lowest BCUT2D eigenvalue weighted by molar-refractivity contribution is 0.553. The van der Waals surface area contributed by atoms with Gasteiger partial charge in [-0.2, -0.15) is 0 Å². The van der Waals surface area contributed by atoms with Crippen molar-refractivity contribution in [2.45, 2.75) is 18.9 Å². The average molecular weight is 179 g/mol. The molecule has 0 amide bonds. The maximum absolute atomic E-state index is 7.96. The van der Waals surface area contributed by atoms with Crippen molar-refractivity contribution in [3.05, 3.63) is 42.1 Å². The molecule has 0 saturated heterocycles. The smallest absolute Gasteiger partial charge is 0.161 e. The van der Waals surface area contributed by atoms with Gasteiger partial charge in [0.25, 0.3) is 0 Å². The van der Waals surface area contributed by atoms with Gasteiger partial charge in [0.1, 0.15) is 0 Å². The molecule has 0 saturated carbocycles. The molecule has 68 valence electrons. The SMILES string of the molecule is [2H]C1C(c2ccccc2)=CN([2H])C([2H])(N)C1([2H])[2H]. The van der Waals surface area contributed by atoms with Crippen molar-refractivity contribution < 1.29 is 6.89 Å². The van der Waals surface area contributed by atoms with E-state index in [1.807, 2.05) is 6.07 Å². The maximum Gasteiger partial charge on any atom is 0.161 e. The summed E-state index contributed by atoms with van der Waals surface area (Å²) < 4.78 is 38.9. The minimum absolute atomic E-state index is 0.351. The van der Waals surface area contributed by atoms with Gasteiger partial charge in [-0.25, -0.2) is 0 Å². The molecule has 2 nitrogen and oxygen atoms in total. The number of allylic oxidation sites excluding steroid dienone is 1. The van der Waals surface area contributed by atoms with Crippen molar-refractivity contribution >= 4 is 5.57 Å². The van der Waals surface area contributed by atoms with E-state index in [2.05, 4.69) is 0 Å². The van der Waals surface area contributed by atoms with Gasteiger partial charge in [-0.3, -0.25) is 0 Å².